The lowest BCUT2D eigenvalue weighted by molar-refractivity contribution is 0.0374. The molecule has 3 heterocycles. The third-order valence-corrected chi connectivity index (χ3v) is 5.71. The Labute approximate surface area is 173 Å². The molecule has 0 spiro atoms. The minimum atomic E-state index is -1.09. The van der Waals surface area contributed by atoms with E-state index in [1.807, 2.05) is 11.9 Å². The van der Waals surface area contributed by atoms with Gasteiger partial charge in [-0.3, -0.25) is 9.69 Å². The van der Waals surface area contributed by atoms with E-state index in [0.29, 0.717) is 39.8 Å². The van der Waals surface area contributed by atoms with Gasteiger partial charge in [-0.25, -0.2) is 17.6 Å². The molecular weight excluding hydrogens is 414 g/mol. The van der Waals surface area contributed by atoms with Crippen LogP contribution >= 0.6 is 0 Å². The van der Waals surface area contributed by atoms with Crippen molar-refractivity contribution >= 4 is 21.7 Å². The molecule has 0 saturated carbocycles. The Morgan fingerprint density at radius 2 is 1.65 bits per heavy atom. The van der Waals surface area contributed by atoms with Crippen LogP contribution in [0.25, 0.3) is 21.7 Å². The summed E-state index contributed by atoms with van der Waals surface area (Å²) in [6.07, 6.45) is 0. The molecule has 0 bridgehead atoms. The Morgan fingerprint density at radius 1 is 0.968 bits per heavy atom. The molecule has 4 aromatic rings. The van der Waals surface area contributed by atoms with Crippen LogP contribution in [0.15, 0.2) is 35.1 Å². The Bertz CT molecular complexity index is 1360. The molecule has 1 aliphatic heterocycles. The molecule has 5 rings (SSSR count). The number of benzene rings is 2. The Kier molecular flexibility index (Phi) is 4.60. The maximum absolute atomic E-state index is 14.0. The second-order valence-corrected chi connectivity index (χ2v) is 7.75. The second kappa shape index (κ2) is 7.21. The van der Waals surface area contributed by atoms with Crippen LogP contribution in [0.3, 0.4) is 0 Å². The molecule has 1 unspecified atom stereocenters. The van der Waals surface area contributed by atoms with Crippen LogP contribution in [0.1, 0.15) is 23.0 Å². The highest BCUT2D eigenvalue weighted by Gasteiger charge is 2.29. The lowest BCUT2D eigenvalue weighted by Crippen LogP contribution is -2.33. The summed E-state index contributed by atoms with van der Waals surface area (Å²) in [6.45, 7) is 0.775. The number of aromatic nitrogens is 2. The van der Waals surface area contributed by atoms with E-state index in [-0.39, 0.29) is 24.6 Å². The number of likely N-dealkylation sites (N-methyl/N-ethyl adjacent to an activating group) is 1. The number of pyridine rings is 1. The molecule has 1 atom stereocenters. The summed E-state index contributed by atoms with van der Waals surface area (Å²) in [4.78, 5) is 20.0. The standard InChI is InChI=1S/C22H17F4N3O2/c1-29(7-11-2-10-3-14(23)17(26)6-18(10)27-11)20-9-31-8-19-21(20)12-4-15(24)16(25)5-13(12)22(30)28-19/h2-6,20,27H,7-9H2,1H3,(H,28,30). The quantitative estimate of drug-likeness (QED) is 0.477. The molecule has 2 N–H and O–H groups in total. The van der Waals surface area contributed by atoms with E-state index < -0.39 is 28.8 Å². The molecule has 0 fully saturated rings. The summed E-state index contributed by atoms with van der Waals surface area (Å²) in [7, 11) is 1.81. The van der Waals surface area contributed by atoms with Crippen molar-refractivity contribution in [1.82, 2.24) is 14.9 Å². The predicted molar refractivity (Wildman–Crippen MR) is 107 cm³/mol. The van der Waals surface area contributed by atoms with Gasteiger partial charge < -0.3 is 14.7 Å². The van der Waals surface area contributed by atoms with Gasteiger partial charge in [-0.15, -0.1) is 0 Å². The first-order chi connectivity index (χ1) is 14.8. The highest BCUT2D eigenvalue weighted by Crippen LogP contribution is 2.34. The molecule has 0 saturated heterocycles. The number of hydrogen-bond donors (Lipinski definition) is 2. The lowest BCUT2D eigenvalue weighted by atomic mass is 9.95. The van der Waals surface area contributed by atoms with Crippen molar-refractivity contribution in [2.75, 3.05) is 13.7 Å². The first kappa shape index (κ1) is 19.8. The van der Waals surface area contributed by atoms with Crippen molar-refractivity contribution in [3.05, 3.63) is 80.9 Å². The maximum atomic E-state index is 14.0. The lowest BCUT2D eigenvalue weighted by Gasteiger charge is -2.33. The van der Waals surface area contributed by atoms with Gasteiger partial charge in [0.1, 0.15) is 0 Å². The summed E-state index contributed by atoms with van der Waals surface area (Å²) >= 11 is 0. The first-order valence-corrected chi connectivity index (χ1v) is 9.60. The molecule has 160 valence electrons. The number of nitrogens with zero attached hydrogens (tertiary/aromatic N) is 1. The van der Waals surface area contributed by atoms with Gasteiger partial charge in [0.25, 0.3) is 5.56 Å². The van der Waals surface area contributed by atoms with E-state index >= 15 is 0 Å². The summed E-state index contributed by atoms with van der Waals surface area (Å²) < 4.78 is 60.4. The average molecular weight is 431 g/mol. The smallest absolute Gasteiger partial charge is 0.256 e. The van der Waals surface area contributed by atoms with Crippen molar-refractivity contribution in [1.29, 1.82) is 0 Å². The maximum Gasteiger partial charge on any atom is 0.256 e. The van der Waals surface area contributed by atoms with Crippen LogP contribution in [0.4, 0.5) is 17.6 Å². The summed E-state index contributed by atoms with van der Waals surface area (Å²) in [5, 5.41) is 0.933. The van der Waals surface area contributed by atoms with E-state index in [1.54, 1.807) is 6.07 Å². The molecule has 1 aliphatic rings. The van der Waals surface area contributed by atoms with Crippen LogP contribution in [-0.4, -0.2) is 28.5 Å². The zero-order chi connectivity index (χ0) is 21.9. The fourth-order valence-corrected chi connectivity index (χ4v) is 4.24. The van der Waals surface area contributed by atoms with Crippen molar-refractivity contribution in [3.8, 4) is 0 Å². The van der Waals surface area contributed by atoms with E-state index in [4.69, 9.17) is 4.74 Å². The third kappa shape index (κ3) is 3.30. The molecule has 0 amide bonds. The number of H-pyrrole nitrogens is 2. The number of nitrogens with one attached hydrogen (secondary N) is 2. The SMILES string of the molecule is CN(Cc1cc2cc(F)c(F)cc2[nH]1)C1COCc2[nH]c(=O)c3cc(F)c(F)cc3c21. The van der Waals surface area contributed by atoms with E-state index in [9.17, 15) is 22.4 Å². The van der Waals surface area contributed by atoms with Gasteiger partial charge in [0.05, 0.1) is 24.6 Å². The van der Waals surface area contributed by atoms with Gasteiger partial charge in [0, 0.05) is 40.5 Å². The number of aromatic amines is 2. The Balaban J connectivity index is 1.56. The van der Waals surface area contributed by atoms with Gasteiger partial charge >= 0.3 is 0 Å². The zero-order valence-electron chi connectivity index (χ0n) is 16.4. The highest BCUT2D eigenvalue weighted by atomic mass is 19.2. The van der Waals surface area contributed by atoms with Crippen molar-refractivity contribution in [3.63, 3.8) is 0 Å². The highest BCUT2D eigenvalue weighted by molar-refractivity contribution is 5.86. The van der Waals surface area contributed by atoms with Gasteiger partial charge in [-0.1, -0.05) is 0 Å². The monoisotopic (exact) mass is 431 g/mol. The Morgan fingerprint density at radius 3 is 2.42 bits per heavy atom. The van der Waals surface area contributed by atoms with Crippen molar-refractivity contribution in [2.45, 2.75) is 19.2 Å². The van der Waals surface area contributed by atoms with Crippen LogP contribution in [0.2, 0.25) is 0 Å². The molecule has 2 aromatic heterocycles. The topological polar surface area (TPSA) is 61.1 Å². The number of ether oxygens (including phenoxy) is 1. The minimum Gasteiger partial charge on any atom is -0.373 e. The number of halogens is 4. The Hall–Kier alpha value is -3.17. The van der Waals surface area contributed by atoms with Crippen LogP contribution in [0, 0.1) is 23.3 Å². The fraction of sp³-hybridized carbons (Fsp3) is 0.227. The van der Waals surface area contributed by atoms with Gasteiger partial charge in [-0.2, -0.15) is 0 Å². The van der Waals surface area contributed by atoms with Crippen LogP contribution < -0.4 is 5.56 Å². The van der Waals surface area contributed by atoms with Crippen LogP contribution in [-0.2, 0) is 17.9 Å². The molecule has 2 aromatic carbocycles. The molecule has 0 aliphatic carbocycles. The van der Waals surface area contributed by atoms with Crippen molar-refractivity contribution < 1.29 is 22.3 Å². The zero-order valence-corrected chi connectivity index (χ0v) is 16.4. The average Bonchev–Trinajstić information content (AvgIpc) is 3.10. The molecular formula is C22H17F4N3O2. The van der Waals surface area contributed by atoms with E-state index in [0.717, 1.165) is 24.3 Å². The molecule has 0 radical (unpaired) electrons. The largest absolute Gasteiger partial charge is 0.373 e. The summed E-state index contributed by atoms with van der Waals surface area (Å²) in [6, 6.07) is 5.52. The molecule has 5 nitrogen and oxygen atoms in total. The van der Waals surface area contributed by atoms with E-state index in [2.05, 4.69) is 9.97 Å². The summed E-state index contributed by atoms with van der Waals surface area (Å²) in [5.41, 5.74) is 1.83. The first-order valence-electron chi connectivity index (χ1n) is 9.60. The van der Waals surface area contributed by atoms with Gasteiger partial charge in [0.2, 0.25) is 0 Å². The minimum absolute atomic E-state index is 0.0644. The van der Waals surface area contributed by atoms with Crippen molar-refractivity contribution in [2.24, 2.45) is 0 Å². The number of rotatable bonds is 3. The normalized spacial score (nSPS) is 16.4. The molecule has 9 heteroatoms. The van der Waals surface area contributed by atoms with Crippen LogP contribution in [0.5, 0.6) is 0 Å². The van der Waals surface area contributed by atoms with E-state index in [1.165, 1.54) is 0 Å². The number of hydrogen-bond acceptors (Lipinski definition) is 3. The number of fused-ring (bicyclic) bond motifs is 4. The second-order valence-electron chi connectivity index (χ2n) is 7.75. The molecule has 31 heavy (non-hydrogen) atoms. The third-order valence-electron chi connectivity index (χ3n) is 5.71. The summed E-state index contributed by atoms with van der Waals surface area (Å²) in [5.74, 6) is -3.99. The van der Waals surface area contributed by atoms with Gasteiger partial charge in [0.15, 0.2) is 23.3 Å². The fourth-order valence-electron chi connectivity index (χ4n) is 4.24. The predicted octanol–water partition coefficient (Wildman–Crippen LogP) is 4.27. The van der Waals surface area contributed by atoms with Gasteiger partial charge in [-0.05, 0) is 36.7 Å².